The molecule has 0 N–H and O–H groups in total. The van der Waals surface area contributed by atoms with Crippen molar-refractivity contribution in [2.24, 2.45) is 0 Å². The van der Waals surface area contributed by atoms with E-state index >= 15 is 0 Å². The first-order valence-corrected chi connectivity index (χ1v) is 9.73. The Balaban J connectivity index is 1.91. The van der Waals surface area contributed by atoms with Crippen molar-refractivity contribution in [3.8, 4) is 5.75 Å². The van der Waals surface area contributed by atoms with Gasteiger partial charge in [0, 0.05) is 24.2 Å². The molecule has 9 heteroatoms. The van der Waals surface area contributed by atoms with E-state index < -0.39 is 21.0 Å². The van der Waals surface area contributed by atoms with E-state index in [2.05, 4.69) is 0 Å². The van der Waals surface area contributed by atoms with Crippen molar-refractivity contribution in [3.05, 3.63) is 64.2 Å². The molecule has 2 aromatic carbocycles. The van der Waals surface area contributed by atoms with Gasteiger partial charge in [0.05, 0.1) is 23.0 Å². The molecule has 0 radical (unpaired) electrons. The monoisotopic (exact) mass is 390 g/mol. The average molecular weight is 390 g/mol. The predicted molar refractivity (Wildman–Crippen MR) is 97.3 cm³/mol. The first-order chi connectivity index (χ1) is 12.8. The highest BCUT2D eigenvalue weighted by Crippen LogP contribution is 2.30. The lowest BCUT2D eigenvalue weighted by molar-refractivity contribution is -0.385. The van der Waals surface area contributed by atoms with Gasteiger partial charge < -0.3 is 4.74 Å². The summed E-state index contributed by atoms with van der Waals surface area (Å²) >= 11 is 0. The highest BCUT2D eigenvalue weighted by Gasteiger charge is 2.40. The number of carbonyl (C=O) groups excluding carboxylic acids is 1. The molecule has 1 aliphatic rings. The largest absolute Gasteiger partial charge is 0.497 e. The lowest BCUT2D eigenvalue weighted by Crippen LogP contribution is -2.40. The Morgan fingerprint density at radius 1 is 1.22 bits per heavy atom. The minimum atomic E-state index is -4.03. The van der Waals surface area contributed by atoms with Crippen LogP contribution in [0.5, 0.6) is 5.75 Å². The SMILES string of the molecule is COc1ccc(C(=O)C2CCCN2S(=O)(=O)c2cccc([N+](=O)[O-])c2)cc1. The normalized spacial score (nSPS) is 17.6. The van der Waals surface area contributed by atoms with Crippen molar-refractivity contribution < 1.29 is 22.9 Å². The van der Waals surface area contributed by atoms with Gasteiger partial charge in [-0.3, -0.25) is 14.9 Å². The number of Topliss-reactive ketones (excluding diaryl/α,β-unsaturated/α-hetero) is 1. The Morgan fingerprint density at radius 2 is 1.93 bits per heavy atom. The summed E-state index contributed by atoms with van der Waals surface area (Å²) in [7, 11) is -2.51. The number of nitro benzene ring substituents is 1. The number of hydrogen-bond donors (Lipinski definition) is 0. The van der Waals surface area contributed by atoms with Crippen LogP contribution < -0.4 is 4.74 Å². The summed E-state index contributed by atoms with van der Waals surface area (Å²) in [5, 5.41) is 10.9. The molecule has 1 fully saturated rings. The van der Waals surface area contributed by atoms with Gasteiger partial charge in [0.2, 0.25) is 10.0 Å². The molecule has 0 amide bonds. The Hall–Kier alpha value is -2.78. The molecule has 0 aliphatic carbocycles. The van der Waals surface area contributed by atoms with Crippen LogP contribution in [0.15, 0.2) is 53.4 Å². The number of rotatable bonds is 6. The zero-order valence-electron chi connectivity index (χ0n) is 14.6. The molecule has 1 unspecified atom stereocenters. The fourth-order valence-corrected chi connectivity index (χ4v) is 4.83. The maximum absolute atomic E-state index is 13.0. The second kappa shape index (κ2) is 7.45. The van der Waals surface area contributed by atoms with Gasteiger partial charge in [-0.1, -0.05) is 6.07 Å². The topological polar surface area (TPSA) is 107 Å². The number of methoxy groups -OCH3 is 1. The molecule has 1 heterocycles. The van der Waals surface area contributed by atoms with Gasteiger partial charge in [-0.2, -0.15) is 4.31 Å². The summed E-state index contributed by atoms with van der Waals surface area (Å²) in [6, 6.07) is 10.5. The molecule has 3 rings (SSSR count). The zero-order chi connectivity index (χ0) is 19.6. The van der Waals surface area contributed by atoms with Gasteiger partial charge in [0.1, 0.15) is 5.75 Å². The summed E-state index contributed by atoms with van der Waals surface area (Å²) in [5.41, 5.74) is 0.0789. The second-order valence-corrected chi connectivity index (χ2v) is 8.01. The Morgan fingerprint density at radius 3 is 2.56 bits per heavy atom. The number of hydrogen-bond acceptors (Lipinski definition) is 6. The summed E-state index contributed by atoms with van der Waals surface area (Å²) < 4.78 is 32.2. The van der Waals surface area contributed by atoms with Crippen molar-refractivity contribution in [2.75, 3.05) is 13.7 Å². The molecule has 2 aromatic rings. The van der Waals surface area contributed by atoms with Crippen LogP contribution in [-0.2, 0) is 10.0 Å². The van der Waals surface area contributed by atoms with Gasteiger partial charge in [0.15, 0.2) is 5.78 Å². The third-order valence-corrected chi connectivity index (χ3v) is 6.42. The molecular weight excluding hydrogens is 372 g/mol. The van der Waals surface area contributed by atoms with Crippen molar-refractivity contribution in [1.29, 1.82) is 0 Å². The Labute approximate surface area is 156 Å². The Bertz CT molecular complexity index is 972. The van der Waals surface area contributed by atoms with Crippen LogP contribution >= 0.6 is 0 Å². The van der Waals surface area contributed by atoms with Gasteiger partial charge >= 0.3 is 0 Å². The summed E-state index contributed by atoms with van der Waals surface area (Å²) in [5.74, 6) is 0.295. The smallest absolute Gasteiger partial charge is 0.270 e. The van der Waals surface area contributed by atoms with E-state index in [-0.39, 0.29) is 22.9 Å². The van der Waals surface area contributed by atoms with E-state index in [1.165, 1.54) is 25.3 Å². The number of benzene rings is 2. The molecule has 1 aliphatic heterocycles. The highest BCUT2D eigenvalue weighted by atomic mass is 32.2. The predicted octanol–water partition coefficient (Wildman–Crippen LogP) is 2.64. The van der Waals surface area contributed by atoms with E-state index in [9.17, 15) is 23.3 Å². The lowest BCUT2D eigenvalue weighted by Gasteiger charge is -2.23. The molecule has 1 atom stereocenters. The molecule has 142 valence electrons. The summed E-state index contributed by atoms with van der Waals surface area (Å²) in [6.07, 6.45) is 0.944. The van der Waals surface area contributed by atoms with Crippen LogP contribution in [0.4, 0.5) is 5.69 Å². The van der Waals surface area contributed by atoms with E-state index in [0.717, 1.165) is 10.4 Å². The van der Waals surface area contributed by atoms with Crippen molar-refractivity contribution in [2.45, 2.75) is 23.8 Å². The fourth-order valence-electron chi connectivity index (χ4n) is 3.13. The molecular formula is C18H18N2O6S. The lowest BCUT2D eigenvalue weighted by atomic mass is 10.0. The molecule has 0 saturated carbocycles. The van der Waals surface area contributed by atoms with Crippen LogP contribution in [-0.4, -0.2) is 43.1 Å². The number of ether oxygens (including phenoxy) is 1. The van der Waals surface area contributed by atoms with Gasteiger partial charge in [-0.15, -0.1) is 0 Å². The number of carbonyl (C=O) groups is 1. The maximum Gasteiger partial charge on any atom is 0.270 e. The van der Waals surface area contributed by atoms with Crippen LogP contribution in [0.25, 0.3) is 0 Å². The number of nitrogens with zero attached hydrogens (tertiary/aromatic N) is 2. The van der Waals surface area contributed by atoms with E-state index in [1.807, 2.05) is 0 Å². The quantitative estimate of drug-likeness (QED) is 0.426. The summed E-state index contributed by atoms with van der Waals surface area (Å²) in [6.45, 7) is 0.192. The maximum atomic E-state index is 13.0. The number of nitro groups is 1. The van der Waals surface area contributed by atoms with Crippen LogP contribution in [0, 0.1) is 10.1 Å². The third-order valence-electron chi connectivity index (χ3n) is 4.52. The average Bonchev–Trinajstić information content (AvgIpc) is 3.18. The van der Waals surface area contributed by atoms with E-state index in [4.69, 9.17) is 4.74 Å². The van der Waals surface area contributed by atoms with Crippen LogP contribution in [0.3, 0.4) is 0 Å². The van der Waals surface area contributed by atoms with Crippen molar-refractivity contribution >= 4 is 21.5 Å². The summed E-state index contributed by atoms with van der Waals surface area (Å²) in [4.78, 5) is 23.0. The molecule has 27 heavy (non-hydrogen) atoms. The number of ketones is 1. The Kier molecular flexibility index (Phi) is 5.24. The van der Waals surface area contributed by atoms with E-state index in [1.54, 1.807) is 24.3 Å². The molecule has 1 saturated heterocycles. The van der Waals surface area contributed by atoms with Crippen molar-refractivity contribution in [3.63, 3.8) is 0 Å². The van der Waals surface area contributed by atoms with Gasteiger partial charge in [0.25, 0.3) is 5.69 Å². The second-order valence-electron chi connectivity index (χ2n) is 6.12. The molecule has 0 spiro atoms. The highest BCUT2D eigenvalue weighted by molar-refractivity contribution is 7.89. The van der Waals surface area contributed by atoms with E-state index in [0.29, 0.717) is 24.2 Å². The minimum Gasteiger partial charge on any atom is -0.497 e. The number of sulfonamides is 1. The standard InChI is InChI=1S/C18H18N2O6S/c1-26-15-9-7-13(8-10-15)18(21)17-6-3-11-19(17)27(24,25)16-5-2-4-14(12-16)20(22)23/h2,4-5,7-10,12,17H,3,6,11H2,1H3. The molecule has 8 nitrogen and oxygen atoms in total. The van der Waals surface area contributed by atoms with Crippen molar-refractivity contribution in [1.82, 2.24) is 4.31 Å². The minimum absolute atomic E-state index is 0.189. The molecule has 0 bridgehead atoms. The van der Waals surface area contributed by atoms with Crippen LogP contribution in [0.2, 0.25) is 0 Å². The van der Waals surface area contributed by atoms with Gasteiger partial charge in [-0.05, 0) is 43.2 Å². The first-order valence-electron chi connectivity index (χ1n) is 8.29. The zero-order valence-corrected chi connectivity index (χ0v) is 15.4. The first kappa shape index (κ1) is 19.0. The fraction of sp³-hybridized carbons (Fsp3) is 0.278. The molecule has 0 aromatic heterocycles. The van der Waals surface area contributed by atoms with Crippen LogP contribution in [0.1, 0.15) is 23.2 Å². The van der Waals surface area contributed by atoms with Gasteiger partial charge in [-0.25, -0.2) is 8.42 Å². The number of non-ortho nitro benzene ring substituents is 1. The third kappa shape index (κ3) is 3.69.